The number of ether oxygens (including phenoxy) is 2. The summed E-state index contributed by atoms with van der Waals surface area (Å²) in [5.74, 6) is 0.848. The van der Waals surface area contributed by atoms with Crippen LogP contribution in [0.1, 0.15) is 11.9 Å². The van der Waals surface area contributed by atoms with Crippen LogP contribution in [0.5, 0.6) is 5.75 Å². The van der Waals surface area contributed by atoms with Gasteiger partial charge in [0.05, 0.1) is 6.61 Å². The molecule has 1 aliphatic heterocycles. The maximum absolute atomic E-state index is 12.1. The summed E-state index contributed by atoms with van der Waals surface area (Å²) in [5.41, 5.74) is 0.624. The van der Waals surface area contributed by atoms with Gasteiger partial charge in [0.1, 0.15) is 11.9 Å². The minimum atomic E-state index is -2.85. The SMILES string of the molecule is FC(F)Oc1ccc(-c2nc(C3CNCCO3)no2)cc1. The van der Waals surface area contributed by atoms with Crippen molar-refractivity contribution < 1.29 is 22.8 Å². The second kappa shape index (κ2) is 6.15. The summed E-state index contributed by atoms with van der Waals surface area (Å²) in [7, 11) is 0. The average molecular weight is 297 g/mol. The molecule has 1 aliphatic rings. The number of nitrogens with zero attached hydrogens (tertiary/aromatic N) is 2. The van der Waals surface area contributed by atoms with E-state index in [0.717, 1.165) is 6.54 Å². The maximum atomic E-state index is 12.1. The molecule has 1 atom stereocenters. The molecule has 0 amide bonds. The lowest BCUT2D eigenvalue weighted by molar-refractivity contribution is -0.0498. The highest BCUT2D eigenvalue weighted by Crippen LogP contribution is 2.24. The molecular formula is C13H13F2N3O3. The van der Waals surface area contributed by atoms with Crippen molar-refractivity contribution >= 4 is 0 Å². The van der Waals surface area contributed by atoms with E-state index in [-0.39, 0.29) is 11.9 Å². The van der Waals surface area contributed by atoms with Crippen molar-refractivity contribution in [2.75, 3.05) is 19.7 Å². The first-order valence-electron chi connectivity index (χ1n) is 6.43. The Kier molecular flexibility index (Phi) is 4.07. The van der Waals surface area contributed by atoms with Crippen molar-refractivity contribution in [1.82, 2.24) is 15.5 Å². The van der Waals surface area contributed by atoms with E-state index >= 15 is 0 Å². The van der Waals surface area contributed by atoms with Crippen molar-refractivity contribution in [1.29, 1.82) is 0 Å². The van der Waals surface area contributed by atoms with E-state index in [4.69, 9.17) is 9.26 Å². The van der Waals surface area contributed by atoms with Gasteiger partial charge in [0.25, 0.3) is 5.89 Å². The van der Waals surface area contributed by atoms with Crippen LogP contribution in [0.2, 0.25) is 0 Å². The average Bonchev–Trinajstić information content (AvgIpc) is 2.98. The molecule has 21 heavy (non-hydrogen) atoms. The van der Waals surface area contributed by atoms with Crippen LogP contribution in [0.25, 0.3) is 11.5 Å². The van der Waals surface area contributed by atoms with Gasteiger partial charge < -0.3 is 19.3 Å². The Morgan fingerprint density at radius 1 is 1.29 bits per heavy atom. The van der Waals surface area contributed by atoms with Gasteiger partial charge in [0, 0.05) is 18.7 Å². The Hall–Kier alpha value is -2.06. The fraction of sp³-hybridized carbons (Fsp3) is 0.385. The van der Waals surface area contributed by atoms with Crippen LogP contribution in [0.3, 0.4) is 0 Å². The first-order valence-corrected chi connectivity index (χ1v) is 6.43. The van der Waals surface area contributed by atoms with Gasteiger partial charge in [0.2, 0.25) is 5.82 Å². The van der Waals surface area contributed by atoms with E-state index < -0.39 is 6.61 Å². The quantitative estimate of drug-likeness (QED) is 0.931. The smallest absolute Gasteiger partial charge is 0.387 e. The van der Waals surface area contributed by atoms with Crippen LogP contribution in [-0.2, 0) is 4.74 Å². The number of morpholine rings is 1. The summed E-state index contributed by atoms with van der Waals surface area (Å²) in [6.45, 7) is -0.831. The van der Waals surface area contributed by atoms with Crippen molar-refractivity contribution in [2.45, 2.75) is 12.7 Å². The largest absolute Gasteiger partial charge is 0.435 e. The number of nitrogens with one attached hydrogen (secondary N) is 1. The van der Waals surface area contributed by atoms with E-state index in [1.165, 1.54) is 12.1 Å². The van der Waals surface area contributed by atoms with Crippen LogP contribution in [0, 0.1) is 0 Å². The molecule has 0 saturated carbocycles. The van der Waals surface area contributed by atoms with Gasteiger partial charge in [-0.1, -0.05) is 5.16 Å². The molecule has 1 saturated heterocycles. The predicted octanol–water partition coefficient (Wildman–Crippen LogP) is 2.00. The first kappa shape index (κ1) is 13.9. The lowest BCUT2D eigenvalue weighted by Gasteiger charge is -2.20. The number of alkyl halides is 2. The van der Waals surface area contributed by atoms with Crippen LogP contribution < -0.4 is 10.1 Å². The Balaban J connectivity index is 1.73. The lowest BCUT2D eigenvalue weighted by atomic mass is 10.2. The molecule has 3 rings (SSSR count). The maximum Gasteiger partial charge on any atom is 0.387 e. The van der Waals surface area contributed by atoms with Gasteiger partial charge in [-0.25, -0.2) is 0 Å². The summed E-state index contributed by atoms with van der Waals surface area (Å²) < 4.78 is 39.1. The third-order valence-electron chi connectivity index (χ3n) is 2.98. The number of rotatable bonds is 4. The number of hydrogen-bond acceptors (Lipinski definition) is 6. The Labute approximate surface area is 119 Å². The molecule has 1 aromatic heterocycles. The molecule has 1 aromatic carbocycles. The van der Waals surface area contributed by atoms with Gasteiger partial charge in [-0.3, -0.25) is 0 Å². The van der Waals surface area contributed by atoms with Gasteiger partial charge in [-0.2, -0.15) is 13.8 Å². The molecule has 0 bridgehead atoms. The molecule has 2 heterocycles. The molecule has 112 valence electrons. The van der Waals surface area contributed by atoms with E-state index in [1.807, 2.05) is 0 Å². The first-order chi connectivity index (χ1) is 10.2. The summed E-state index contributed by atoms with van der Waals surface area (Å²) in [6, 6.07) is 6.00. The van der Waals surface area contributed by atoms with Crippen LogP contribution in [-0.4, -0.2) is 36.4 Å². The highest BCUT2D eigenvalue weighted by Gasteiger charge is 2.21. The second-order valence-electron chi connectivity index (χ2n) is 4.42. The molecule has 6 nitrogen and oxygen atoms in total. The Morgan fingerprint density at radius 2 is 2.10 bits per heavy atom. The van der Waals surface area contributed by atoms with Gasteiger partial charge in [-0.05, 0) is 24.3 Å². The zero-order valence-corrected chi connectivity index (χ0v) is 11.0. The topological polar surface area (TPSA) is 69.4 Å². The summed E-state index contributed by atoms with van der Waals surface area (Å²) >= 11 is 0. The van der Waals surface area contributed by atoms with Crippen LogP contribution >= 0.6 is 0 Å². The Bertz CT molecular complexity index is 583. The van der Waals surface area contributed by atoms with E-state index in [1.54, 1.807) is 12.1 Å². The minimum absolute atomic E-state index is 0.0771. The number of hydrogen-bond donors (Lipinski definition) is 1. The minimum Gasteiger partial charge on any atom is -0.435 e. The van der Waals surface area contributed by atoms with Crippen LogP contribution in [0.15, 0.2) is 28.8 Å². The number of halogens is 2. The molecule has 1 N–H and O–H groups in total. The molecule has 2 aromatic rings. The summed E-state index contributed by atoms with van der Waals surface area (Å²) in [5, 5.41) is 7.06. The van der Waals surface area contributed by atoms with E-state index in [9.17, 15) is 8.78 Å². The second-order valence-corrected chi connectivity index (χ2v) is 4.42. The van der Waals surface area contributed by atoms with Crippen molar-refractivity contribution in [2.24, 2.45) is 0 Å². The predicted molar refractivity (Wildman–Crippen MR) is 67.9 cm³/mol. The Morgan fingerprint density at radius 3 is 2.76 bits per heavy atom. The third kappa shape index (κ3) is 3.34. The zero-order chi connectivity index (χ0) is 14.7. The lowest BCUT2D eigenvalue weighted by Crippen LogP contribution is -2.33. The van der Waals surface area contributed by atoms with E-state index in [2.05, 4.69) is 20.2 Å². The molecular weight excluding hydrogens is 284 g/mol. The monoisotopic (exact) mass is 297 g/mol. The van der Waals surface area contributed by atoms with Crippen LogP contribution in [0.4, 0.5) is 8.78 Å². The molecule has 0 radical (unpaired) electrons. The van der Waals surface area contributed by atoms with Gasteiger partial charge in [-0.15, -0.1) is 0 Å². The molecule has 1 unspecified atom stereocenters. The van der Waals surface area contributed by atoms with Crippen molar-refractivity contribution in [3.8, 4) is 17.2 Å². The zero-order valence-electron chi connectivity index (χ0n) is 11.0. The van der Waals surface area contributed by atoms with Crippen molar-refractivity contribution in [3.05, 3.63) is 30.1 Å². The number of aromatic nitrogens is 2. The fourth-order valence-electron chi connectivity index (χ4n) is 1.99. The van der Waals surface area contributed by atoms with Gasteiger partial charge in [0.15, 0.2) is 0 Å². The highest BCUT2D eigenvalue weighted by molar-refractivity contribution is 5.54. The van der Waals surface area contributed by atoms with Gasteiger partial charge >= 0.3 is 6.61 Å². The summed E-state index contributed by atoms with van der Waals surface area (Å²) in [6.07, 6.45) is -0.238. The fourth-order valence-corrected chi connectivity index (χ4v) is 1.99. The molecule has 8 heteroatoms. The normalized spacial score (nSPS) is 18.9. The molecule has 0 aliphatic carbocycles. The highest BCUT2D eigenvalue weighted by atomic mass is 19.3. The van der Waals surface area contributed by atoms with Crippen molar-refractivity contribution in [3.63, 3.8) is 0 Å². The molecule has 0 spiro atoms. The summed E-state index contributed by atoms with van der Waals surface area (Å²) in [4.78, 5) is 4.26. The number of benzene rings is 1. The van der Waals surface area contributed by atoms with E-state index in [0.29, 0.717) is 30.4 Å². The standard InChI is InChI=1S/C13H13F2N3O3/c14-13(15)20-9-3-1-8(2-4-9)12-17-11(18-21-12)10-7-16-5-6-19-10/h1-4,10,13,16H,5-7H2. The third-order valence-corrected chi connectivity index (χ3v) is 2.98. The molecule has 1 fully saturated rings.